The minimum Gasteiger partial charge on any atom is -0.493 e. The molecule has 2 aliphatic rings. The Hall–Kier alpha value is -4.52. The van der Waals surface area contributed by atoms with Crippen molar-refractivity contribution >= 4 is 27.6 Å². The number of nitrogens with zero attached hydrogens (tertiary/aromatic N) is 2. The predicted molar refractivity (Wildman–Crippen MR) is 139 cm³/mol. The highest BCUT2D eigenvalue weighted by molar-refractivity contribution is 6.00. The molecule has 0 saturated carbocycles. The molecular weight excluding hydrogens is 468 g/mol. The molecule has 37 heavy (non-hydrogen) atoms. The lowest BCUT2D eigenvalue weighted by atomic mass is 9.89. The SMILES string of the molecule is COc1ccc2c(CC(=O)n3ccc4ccccc43)c3[n+](cc2c1OC)CCc1cc2c(cc1-3)OCO2. The van der Waals surface area contributed by atoms with Crippen LogP contribution in [-0.2, 0) is 19.4 Å². The largest absolute Gasteiger partial charge is 0.493 e. The Bertz CT molecular complexity index is 1740. The molecular formula is C30H25N2O5+. The molecule has 0 spiro atoms. The lowest BCUT2D eigenvalue weighted by molar-refractivity contribution is -0.686. The molecule has 4 heterocycles. The van der Waals surface area contributed by atoms with Gasteiger partial charge in [-0.3, -0.25) is 9.36 Å². The first kappa shape index (κ1) is 21.7. The second-order valence-corrected chi connectivity index (χ2v) is 9.34. The third-order valence-electron chi connectivity index (χ3n) is 7.44. The number of hydrogen-bond acceptors (Lipinski definition) is 5. The molecule has 0 bridgehead atoms. The third kappa shape index (κ3) is 3.27. The average Bonchev–Trinajstić information content (AvgIpc) is 3.57. The van der Waals surface area contributed by atoms with E-state index in [1.807, 2.05) is 54.7 Å². The van der Waals surface area contributed by atoms with Gasteiger partial charge < -0.3 is 18.9 Å². The molecule has 0 radical (unpaired) electrons. The summed E-state index contributed by atoms with van der Waals surface area (Å²) in [7, 11) is 3.28. The van der Waals surface area contributed by atoms with Crippen LogP contribution in [0.15, 0.2) is 67.0 Å². The second kappa shape index (κ2) is 8.27. The summed E-state index contributed by atoms with van der Waals surface area (Å²) in [6, 6.07) is 18.0. The maximum absolute atomic E-state index is 13.8. The monoisotopic (exact) mass is 493 g/mol. The molecule has 0 saturated heterocycles. The maximum atomic E-state index is 13.8. The minimum absolute atomic E-state index is 0.000785. The fourth-order valence-electron chi connectivity index (χ4n) is 5.73. The van der Waals surface area contributed by atoms with Crippen molar-refractivity contribution in [2.45, 2.75) is 19.4 Å². The fourth-order valence-corrected chi connectivity index (χ4v) is 5.73. The number of aryl methyl sites for hydroxylation is 2. The zero-order chi connectivity index (χ0) is 25.1. The standard InChI is InChI=1S/C30H25N2O5/c1-34-25-8-7-20-22(15-28(33)32-12-10-18-5-3-4-6-24(18)32)29-21-14-27-26(36-17-37-27)13-19(21)9-11-31(29)16-23(20)30(25)35-2/h3-8,10,12-14,16H,9,11,15,17H2,1-2H3/q+1. The molecule has 0 amide bonds. The summed E-state index contributed by atoms with van der Waals surface area (Å²) in [5.74, 6) is 2.82. The van der Waals surface area contributed by atoms with Crippen LogP contribution in [-0.4, -0.2) is 31.5 Å². The molecule has 0 unspecified atom stereocenters. The minimum atomic E-state index is -0.000785. The van der Waals surface area contributed by atoms with Gasteiger partial charge in [0.15, 0.2) is 35.7 Å². The van der Waals surface area contributed by atoms with Crippen molar-refractivity contribution in [3.63, 3.8) is 0 Å². The van der Waals surface area contributed by atoms with Gasteiger partial charge in [0.25, 0.3) is 0 Å². The number of fused-ring (bicyclic) bond motifs is 6. The van der Waals surface area contributed by atoms with Crippen LogP contribution in [0.2, 0.25) is 0 Å². The summed E-state index contributed by atoms with van der Waals surface area (Å²) in [6.45, 7) is 0.991. The first-order valence-corrected chi connectivity index (χ1v) is 12.3. The first-order valence-electron chi connectivity index (χ1n) is 12.3. The maximum Gasteiger partial charge on any atom is 0.235 e. The highest BCUT2D eigenvalue weighted by Crippen LogP contribution is 2.43. The summed E-state index contributed by atoms with van der Waals surface area (Å²) in [5, 5.41) is 2.91. The molecule has 184 valence electrons. The van der Waals surface area contributed by atoms with Gasteiger partial charge in [-0.15, -0.1) is 0 Å². The van der Waals surface area contributed by atoms with E-state index >= 15 is 0 Å². The van der Waals surface area contributed by atoms with Crippen molar-refractivity contribution in [3.8, 4) is 34.3 Å². The second-order valence-electron chi connectivity index (χ2n) is 9.34. The van der Waals surface area contributed by atoms with E-state index in [2.05, 4.69) is 16.8 Å². The van der Waals surface area contributed by atoms with Crippen LogP contribution in [0.25, 0.3) is 32.9 Å². The number of para-hydroxylation sites is 1. The summed E-state index contributed by atoms with van der Waals surface area (Å²) in [4.78, 5) is 13.8. The molecule has 0 atom stereocenters. The van der Waals surface area contributed by atoms with Gasteiger partial charge in [-0.05, 0) is 42.0 Å². The van der Waals surface area contributed by atoms with E-state index < -0.39 is 0 Å². The highest BCUT2D eigenvalue weighted by Gasteiger charge is 2.33. The molecule has 0 fully saturated rings. The number of methoxy groups -OCH3 is 2. The molecule has 7 heteroatoms. The van der Waals surface area contributed by atoms with Crippen molar-refractivity contribution in [1.82, 2.24) is 4.57 Å². The van der Waals surface area contributed by atoms with E-state index in [0.717, 1.165) is 63.0 Å². The number of carbonyl (C=O) groups is 1. The van der Waals surface area contributed by atoms with Crippen molar-refractivity contribution in [2.24, 2.45) is 0 Å². The van der Waals surface area contributed by atoms with Crippen molar-refractivity contribution in [3.05, 3.63) is 78.1 Å². The number of aromatic nitrogens is 2. The Labute approximate surface area is 213 Å². The summed E-state index contributed by atoms with van der Waals surface area (Å²) in [5.41, 5.74) is 5.11. The van der Waals surface area contributed by atoms with Gasteiger partial charge in [-0.2, -0.15) is 4.57 Å². The number of ether oxygens (including phenoxy) is 4. The van der Waals surface area contributed by atoms with Crippen molar-refractivity contribution < 1.29 is 28.3 Å². The molecule has 5 aromatic rings. The normalized spacial score (nSPS) is 13.5. The molecule has 0 aliphatic carbocycles. The van der Waals surface area contributed by atoms with Crippen LogP contribution in [0.4, 0.5) is 0 Å². The van der Waals surface area contributed by atoms with Crippen LogP contribution in [0.3, 0.4) is 0 Å². The Balaban J connectivity index is 1.48. The quantitative estimate of drug-likeness (QED) is 0.332. The van der Waals surface area contributed by atoms with E-state index in [1.54, 1.807) is 18.8 Å². The van der Waals surface area contributed by atoms with E-state index in [1.165, 1.54) is 5.56 Å². The number of pyridine rings is 1. The van der Waals surface area contributed by atoms with Gasteiger partial charge >= 0.3 is 0 Å². The van der Waals surface area contributed by atoms with Gasteiger partial charge in [0, 0.05) is 29.0 Å². The van der Waals surface area contributed by atoms with Gasteiger partial charge in [0.2, 0.25) is 18.4 Å². The van der Waals surface area contributed by atoms with Crippen LogP contribution in [0.1, 0.15) is 15.9 Å². The molecule has 7 rings (SSSR count). The number of benzene rings is 3. The lowest BCUT2D eigenvalue weighted by Gasteiger charge is -2.21. The van der Waals surface area contributed by atoms with Crippen LogP contribution >= 0.6 is 0 Å². The molecule has 7 nitrogen and oxygen atoms in total. The Kier molecular flexibility index (Phi) is 4.86. The fraction of sp³-hybridized carbons (Fsp3) is 0.200. The number of rotatable bonds is 4. The van der Waals surface area contributed by atoms with Crippen molar-refractivity contribution in [2.75, 3.05) is 21.0 Å². The van der Waals surface area contributed by atoms with E-state index in [0.29, 0.717) is 11.5 Å². The Morgan fingerprint density at radius 2 is 1.84 bits per heavy atom. The van der Waals surface area contributed by atoms with Gasteiger partial charge in [0.05, 0.1) is 37.1 Å². The topological polar surface area (TPSA) is 62.8 Å². The number of hydrogen-bond donors (Lipinski definition) is 0. The molecule has 3 aromatic carbocycles. The number of carbonyl (C=O) groups excluding carboxylic acids is 1. The zero-order valence-corrected chi connectivity index (χ0v) is 20.6. The Morgan fingerprint density at radius 3 is 2.68 bits per heavy atom. The van der Waals surface area contributed by atoms with Gasteiger partial charge in [-0.1, -0.05) is 18.2 Å². The third-order valence-corrected chi connectivity index (χ3v) is 7.44. The molecule has 2 aromatic heterocycles. The Morgan fingerprint density at radius 1 is 1.00 bits per heavy atom. The smallest absolute Gasteiger partial charge is 0.235 e. The van der Waals surface area contributed by atoms with Crippen LogP contribution in [0.5, 0.6) is 23.0 Å². The summed E-state index contributed by atoms with van der Waals surface area (Å²) < 4.78 is 26.7. The molecule has 2 aliphatic heterocycles. The van der Waals surface area contributed by atoms with Crippen LogP contribution < -0.4 is 23.5 Å². The van der Waals surface area contributed by atoms with Crippen molar-refractivity contribution in [1.29, 1.82) is 0 Å². The predicted octanol–water partition coefficient (Wildman–Crippen LogP) is 4.93. The van der Waals surface area contributed by atoms with Gasteiger partial charge in [-0.25, -0.2) is 0 Å². The molecule has 0 N–H and O–H groups in total. The van der Waals surface area contributed by atoms with E-state index in [4.69, 9.17) is 18.9 Å². The summed E-state index contributed by atoms with van der Waals surface area (Å²) in [6.07, 6.45) is 5.03. The summed E-state index contributed by atoms with van der Waals surface area (Å²) >= 11 is 0. The zero-order valence-electron chi connectivity index (χ0n) is 20.6. The van der Waals surface area contributed by atoms with Crippen LogP contribution in [0, 0.1) is 0 Å². The van der Waals surface area contributed by atoms with Gasteiger partial charge in [0.1, 0.15) is 0 Å². The van der Waals surface area contributed by atoms with E-state index in [9.17, 15) is 4.79 Å². The average molecular weight is 494 g/mol. The highest BCUT2D eigenvalue weighted by atomic mass is 16.7. The van der Waals surface area contributed by atoms with E-state index in [-0.39, 0.29) is 19.1 Å². The lowest BCUT2D eigenvalue weighted by Crippen LogP contribution is -2.41. The first-order chi connectivity index (χ1) is 18.2.